The number of hydrogen-bond acceptors (Lipinski definition) is 3. The van der Waals surface area contributed by atoms with E-state index in [9.17, 15) is 4.79 Å². The smallest absolute Gasteiger partial charge is 0.244 e. The van der Waals surface area contributed by atoms with Crippen molar-refractivity contribution in [2.24, 2.45) is 0 Å². The van der Waals surface area contributed by atoms with Crippen LogP contribution in [0.5, 0.6) is 0 Å². The molecular weight excluding hydrogens is 252 g/mol. The van der Waals surface area contributed by atoms with Crippen molar-refractivity contribution in [2.45, 2.75) is 13.0 Å². The molecule has 2 rings (SSSR count). The number of amides is 1. The molecule has 20 heavy (non-hydrogen) atoms. The molecule has 0 N–H and O–H groups in total. The van der Waals surface area contributed by atoms with Gasteiger partial charge in [0.05, 0.1) is 18.7 Å². The maximum atomic E-state index is 11.9. The van der Waals surface area contributed by atoms with Crippen LogP contribution in [-0.2, 0) is 11.3 Å². The van der Waals surface area contributed by atoms with Gasteiger partial charge in [0.25, 0.3) is 0 Å². The zero-order chi connectivity index (χ0) is 14.4. The van der Waals surface area contributed by atoms with Crippen LogP contribution in [0.15, 0.2) is 42.7 Å². The highest BCUT2D eigenvalue weighted by Gasteiger charge is 2.10. The first-order valence-corrected chi connectivity index (χ1v) is 6.39. The maximum Gasteiger partial charge on any atom is 0.244 e. The lowest BCUT2D eigenvalue weighted by Crippen LogP contribution is -2.31. The molecule has 0 aliphatic heterocycles. The molecule has 5 heteroatoms. The molecule has 1 heterocycles. The summed E-state index contributed by atoms with van der Waals surface area (Å²) in [6.45, 7) is 0.636. The molecule has 0 aliphatic rings. The van der Waals surface area contributed by atoms with Gasteiger partial charge >= 0.3 is 0 Å². The summed E-state index contributed by atoms with van der Waals surface area (Å²) in [5.41, 5.74) is 2.06. The lowest BCUT2D eigenvalue weighted by atomic mass is 10.1. The topological polar surface area (TPSA) is 61.9 Å². The van der Waals surface area contributed by atoms with Crippen LogP contribution in [0.3, 0.4) is 0 Å². The van der Waals surface area contributed by atoms with Gasteiger partial charge in [-0.2, -0.15) is 10.4 Å². The van der Waals surface area contributed by atoms with E-state index >= 15 is 0 Å². The average Bonchev–Trinajstić information content (AvgIpc) is 2.94. The van der Waals surface area contributed by atoms with E-state index in [1.807, 2.05) is 42.6 Å². The van der Waals surface area contributed by atoms with Crippen LogP contribution in [0.25, 0.3) is 11.1 Å². The molecule has 0 fully saturated rings. The Kier molecular flexibility index (Phi) is 4.51. The second-order valence-corrected chi connectivity index (χ2v) is 4.52. The lowest BCUT2D eigenvalue weighted by molar-refractivity contribution is -0.130. The normalized spacial score (nSPS) is 10.0. The fourth-order valence-electron chi connectivity index (χ4n) is 1.83. The van der Waals surface area contributed by atoms with Gasteiger partial charge in [-0.3, -0.25) is 9.48 Å². The first kappa shape index (κ1) is 13.8. The zero-order valence-electron chi connectivity index (χ0n) is 11.4. The average molecular weight is 268 g/mol. The number of nitriles is 1. The zero-order valence-corrected chi connectivity index (χ0v) is 11.4. The van der Waals surface area contributed by atoms with E-state index in [0.29, 0.717) is 13.0 Å². The number of aromatic nitrogens is 2. The highest BCUT2D eigenvalue weighted by atomic mass is 16.2. The van der Waals surface area contributed by atoms with Crippen molar-refractivity contribution in [1.29, 1.82) is 5.26 Å². The summed E-state index contributed by atoms with van der Waals surface area (Å²) in [5, 5.41) is 12.7. The van der Waals surface area contributed by atoms with Crippen molar-refractivity contribution < 1.29 is 4.79 Å². The van der Waals surface area contributed by atoms with Crippen molar-refractivity contribution in [3.8, 4) is 17.2 Å². The first-order chi connectivity index (χ1) is 9.70. The fourth-order valence-corrected chi connectivity index (χ4v) is 1.83. The van der Waals surface area contributed by atoms with Gasteiger partial charge in [0, 0.05) is 25.4 Å². The van der Waals surface area contributed by atoms with Gasteiger partial charge in [0.15, 0.2) is 0 Å². The number of nitrogens with zero attached hydrogens (tertiary/aromatic N) is 4. The summed E-state index contributed by atoms with van der Waals surface area (Å²) in [4.78, 5) is 13.5. The molecular formula is C15H16N4O. The third-order valence-electron chi connectivity index (χ3n) is 3.02. The van der Waals surface area contributed by atoms with Gasteiger partial charge in [0.1, 0.15) is 6.54 Å². The summed E-state index contributed by atoms with van der Waals surface area (Å²) in [5.74, 6) is -0.0528. The standard InChI is InChI=1S/C15H16N4O/c1-18(9-5-8-16)15(20)12-19-11-14(10-17-19)13-6-3-2-4-7-13/h2-4,6-7,10-11H,5,9,12H2,1H3. The lowest BCUT2D eigenvalue weighted by Gasteiger charge is -2.15. The van der Waals surface area contributed by atoms with Crippen LogP contribution in [0.2, 0.25) is 0 Å². The van der Waals surface area contributed by atoms with E-state index in [1.54, 1.807) is 22.8 Å². The molecule has 0 atom stereocenters. The first-order valence-electron chi connectivity index (χ1n) is 6.39. The van der Waals surface area contributed by atoms with Crippen LogP contribution in [0, 0.1) is 11.3 Å². The maximum absolute atomic E-state index is 11.9. The van der Waals surface area contributed by atoms with Crippen molar-refractivity contribution >= 4 is 5.91 Å². The molecule has 0 radical (unpaired) electrons. The molecule has 0 spiro atoms. The second-order valence-electron chi connectivity index (χ2n) is 4.52. The summed E-state index contributed by atoms with van der Waals surface area (Å²) in [6, 6.07) is 11.9. The van der Waals surface area contributed by atoms with Crippen LogP contribution in [-0.4, -0.2) is 34.2 Å². The molecule has 0 saturated carbocycles. The van der Waals surface area contributed by atoms with E-state index in [4.69, 9.17) is 5.26 Å². The van der Waals surface area contributed by atoms with Gasteiger partial charge < -0.3 is 4.90 Å². The highest BCUT2D eigenvalue weighted by molar-refractivity contribution is 5.75. The quantitative estimate of drug-likeness (QED) is 0.832. The van der Waals surface area contributed by atoms with E-state index in [1.165, 1.54) is 0 Å². The predicted molar refractivity (Wildman–Crippen MR) is 75.5 cm³/mol. The number of benzene rings is 1. The van der Waals surface area contributed by atoms with E-state index in [2.05, 4.69) is 5.10 Å². The predicted octanol–water partition coefficient (Wildman–Crippen LogP) is 1.92. The molecule has 1 aromatic heterocycles. The SMILES string of the molecule is CN(CCC#N)C(=O)Cn1cc(-c2ccccc2)cn1. The van der Waals surface area contributed by atoms with Crippen molar-refractivity contribution in [1.82, 2.24) is 14.7 Å². The van der Waals surface area contributed by atoms with Gasteiger partial charge in [0.2, 0.25) is 5.91 Å². The van der Waals surface area contributed by atoms with E-state index in [0.717, 1.165) is 11.1 Å². The molecule has 1 aromatic carbocycles. The van der Waals surface area contributed by atoms with Crippen molar-refractivity contribution in [3.63, 3.8) is 0 Å². The number of hydrogen-bond donors (Lipinski definition) is 0. The van der Waals surface area contributed by atoms with Gasteiger partial charge in [-0.05, 0) is 5.56 Å². The van der Waals surface area contributed by atoms with Crippen LogP contribution < -0.4 is 0 Å². The van der Waals surface area contributed by atoms with Gasteiger partial charge in [-0.25, -0.2) is 0 Å². The van der Waals surface area contributed by atoms with E-state index in [-0.39, 0.29) is 12.5 Å². The molecule has 0 saturated heterocycles. The van der Waals surface area contributed by atoms with E-state index < -0.39 is 0 Å². The molecule has 102 valence electrons. The monoisotopic (exact) mass is 268 g/mol. The third kappa shape index (κ3) is 3.45. The Morgan fingerprint density at radius 1 is 1.35 bits per heavy atom. The molecule has 0 bridgehead atoms. The van der Waals surface area contributed by atoms with Crippen molar-refractivity contribution in [2.75, 3.05) is 13.6 Å². The van der Waals surface area contributed by atoms with Gasteiger partial charge in [-0.1, -0.05) is 30.3 Å². The Bertz CT molecular complexity index is 612. The highest BCUT2D eigenvalue weighted by Crippen LogP contribution is 2.17. The minimum absolute atomic E-state index is 0.0528. The number of likely N-dealkylation sites (N-methyl/N-ethyl adjacent to an activating group) is 1. The Labute approximate surface area is 118 Å². The molecule has 5 nitrogen and oxygen atoms in total. The third-order valence-corrected chi connectivity index (χ3v) is 3.02. The van der Waals surface area contributed by atoms with Gasteiger partial charge in [-0.15, -0.1) is 0 Å². The summed E-state index contributed by atoms with van der Waals surface area (Å²) >= 11 is 0. The Morgan fingerprint density at radius 3 is 2.80 bits per heavy atom. The fraction of sp³-hybridized carbons (Fsp3) is 0.267. The largest absolute Gasteiger partial charge is 0.343 e. The Balaban J connectivity index is 2.00. The molecule has 0 aliphatic carbocycles. The number of rotatable bonds is 5. The summed E-state index contributed by atoms with van der Waals surface area (Å²) in [6.07, 6.45) is 3.94. The summed E-state index contributed by atoms with van der Waals surface area (Å²) in [7, 11) is 1.70. The molecule has 0 unspecified atom stereocenters. The molecule has 1 amide bonds. The second kappa shape index (κ2) is 6.53. The minimum atomic E-state index is -0.0528. The number of carbonyl (C=O) groups excluding carboxylic acids is 1. The van der Waals surface area contributed by atoms with Crippen LogP contribution in [0.4, 0.5) is 0 Å². The van der Waals surface area contributed by atoms with Crippen LogP contribution in [0.1, 0.15) is 6.42 Å². The molecule has 2 aromatic rings. The summed E-state index contributed by atoms with van der Waals surface area (Å²) < 4.78 is 1.62. The van der Waals surface area contributed by atoms with Crippen molar-refractivity contribution in [3.05, 3.63) is 42.7 Å². The Hall–Kier alpha value is -2.61. The minimum Gasteiger partial charge on any atom is -0.343 e. The van der Waals surface area contributed by atoms with Crippen LogP contribution >= 0.6 is 0 Å². The Morgan fingerprint density at radius 2 is 2.10 bits per heavy atom. The number of carbonyl (C=O) groups is 1.